The summed E-state index contributed by atoms with van der Waals surface area (Å²) in [7, 11) is 0. The molecule has 0 radical (unpaired) electrons. The van der Waals surface area contributed by atoms with E-state index in [1.54, 1.807) is 17.4 Å². The summed E-state index contributed by atoms with van der Waals surface area (Å²) in [5, 5.41) is 3.83. The van der Waals surface area contributed by atoms with Gasteiger partial charge in [-0.25, -0.2) is 9.78 Å². The fourth-order valence-corrected chi connectivity index (χ4v) is 1.06. The Hall–Kier alpha value is -2.27. The number of aromatic nitrogens is 1. The molecule has 0 saturated carbocycles. The standard InChI is InChI=1S/C11H11F3N4O/c12-11(13,14)7-16-10(19)18-9-5-1-3-8(17-9)4-2-6-15/h1,3,5H,6-7,15H2,(H2,16,17,18,19). The number of anilines is 1. The normalized spacial score (nSPS) is 10.3. The van der Waals surface area contributed by atoms with Gasteiger partial charge in [0.2, 0.25) is 0 Å². The van der Waals surface area contributed by atoms with Crippen LogP contribution in [-0.2, 0) is 0 Å². The van der Waals surface area contributed by atoms with Gasteiger partial charge in [0.1, 0.15) is 18.1 Å². The van der Waals surface area contributed by atoms with Gasteiger partial charge in [0.25, 0.3) is 0 Å². The molecule has 1 aromatic heterocycles. The van der Waals surface area contributed by atoms with Crippen LogP contribution in [-0.4, -0.2) is 30.3 Å². The maximum atomic E-state index is 11.9. The van der Waals surface area contributed by atoms with Crippen LogP contribution in [0.5, 0.6) is 0 Å². The molecule has 0 fully saturated rings. The van der Waals surface area contributed by atoms with Gasteiger partial charge in [-0.3, -0.25) is 5.32 Å². The van der Waals surface area contributed by atoms with E-state index >= 15 is 0 Å². The van der Waals surface area contributed by atoms with Crippen LogP contribution in [0.2, 0.25) is 0 Å². The summed E-state index contributed by atoms with van der Waals surface area (Å²) in [6.45, 7) is -1.25. The Labute approximate surface area is 107 Å². The van der Waals surface area contributed by atoms with Crippen LogP contribution in [0.3, 0.4) is 0 Å². The van der Waals surface area contributed by atoms with Gasteiger partial charge in [0.05, 0.1) is 6.54 Å². The van der Waals surface area contributed by atoms with Gasteiger partial charge in [-0.2, -0.15) is 13.2 Å². The van der Waals surface area contributed by atoms with Gasteiger partial charge in [0, 0.05) is 0 Å². The number of carbonyl (C=O) groups is 1. The Morgan fingerprint density at radius 2 is 2.16 bits per heavy atom. The molecule has 0 saturated heterocycles. The quantitative estimate of drug-likeness (QED) is 0.705. The third-order valence-electron chi connectivity index (χ3n) is 1.76. The molecule has 0 aliphatic carbocycles. The Kier molecular flexibility index (Phi) is 5.14. The maximum Gasteiger partial charge on any atom is 0.405 e. The van der Waals surface area contributed by atoms with E-state index < -0.39 is 18.8 Å². The van der Waals surface area contributed by atoms with E-state index in [1.807, 2.05) is 0 Å². The van der Waals surface area contributed by atoms with Crippen LogP contribution in [0.4, 0.5) is 23.8 Å². The van der Waals surface area contributed by atoms with E-state index in [4.69, 9.17) is 5.73 Å². The predicted octanol–water partition coefficient (Wildman–Crippen LogP) is 1.08. The molecule has 19 heavy (non-hydrogen) atoms. The number of rotatable bonds is 2. The van der Waals surface area contributed by atoms with E-state index in [2.05, 4.69) is 22.1 Å². The SMILES string of the molecule is NCC#Cc1cccc(NC(=O)NCC(F)(F)F)n1. The average molecular weight is 272 g/mol. The summed E-state index contributed by atoms with van der Waals surface area (Å²) in [6, 6.07) is 3.59. The van der Waals surface area contributed by atoms with E-state index in [-0.39, 0.29) is 12.4 Å². The van der Waals surface area contributed by atoms with Gasteiger partial charge in [-0.05, 0) is 18.1 Å². The van der Waals surface area contributed by atoms with Crippen molar-refractivity contribution in [3.63, 3.8) is 0 Å². The van der Waals surface area contributed by atoms with E-state index in [9.17, 15) is 18.0 Å². The highest BCUT2D eigenvalue weighted by Crippen LogP contribution is 2.12. The lowest BCUT2D eigenvalue weighted by atomic mass is 10.3. The Balaban J connectivity index is 2.59. The molecule has 1 rings (SSSR count). The van der Waals surface area contributed by atoms with Crippen molar-refractivity contribution in [3.8, 4) is 11.8 Å². The zero-order chi connectivity index (χ0) is 14.3. The topological polar surface area (TPSA) is 80.0 Å². The predicted molar refractivity (Wildman–Crippen MR) is 63.2 cm³/mol. The number of amides is 2. The lowest BCUT2D eigenvalue weighted by Crippen LogP contribution is -2.36. The Morgan fingerprint density at radius 3 is 2.79 bits per heavy atom. The first-order valence-corrected chi connectivity index (χ1v) is 5.18. The largest absolute Gasteiger partial charge is 0.405 e. The number of urea groups is 1. The summed E-state index contributed by atoms with van der Waals surface area (Å²) < 4.78 is 35.6. The van der Waals surface area contributed by atoms with Gasteiger partial charge < -0.3 is 11.1 Å². The highest BCUT2D eigenvalue weighted by atomic mass is 19.4. The molecule has 0 atom stereocenters. The molecule has 4 N–H and O–H groups in total. The van der Waals surface area contributed by atoms with Crippen LogP contribution in [0, 0.1) is 11.8 Å². The first-order chi connectivity index (χ1) is 8.90. The lowest BCUT2D eigenvalue weighted by Gasteiger charge is -2.09. The van der Waals surface area contributed by atoms with Crippen LogP contribution in [0.1, 0.15) is 5.69 Å². The fraction of sp³-hybridized carbons (Fsp3) is 0.273. The molecule has 102 valence electrons. The van der Waals surface area contributed by atoms with Gasteiger partial charge in [-0.15, -0.1) is 0 Å². The fourth-order valence-electron chi connectivity index (χ4n) is 1.06. The molecule has 0 aromatic carbocycles. The second-order valence-corrected chi connectivity index (χ2v) is 3.34. The molecule has 2 amide bonds. The minimum Gasteiger partial charge on any atom is -0.329 e. The molecule has 8 heteroatoms. The third kappa shape index (κ3) is 6.28. The average Bonchev–Trinajstić information content (AvgIpc) is 2.33. The highest BCUT2D eigenvalue weighted by Gasteiger charge is 2.27. The van der Waals surface area contributed by atoms with E-state index in [0.29, 0.717) is 5.69 Å². The van der Waals surface area contributed by atoms with Crippen molar-refractivity contribution in [1.82, 2.24) is 10.3 Å². The lowest BCUT2D eigenvalue weighted by molar-refractivity contribution is -0.122. The second kappa shape index (κ2) is 6.61. The van der Waals surface area contributed by atoms with Crippen LogP contribution in [0.25, 0.3) is 0 Å². The molecule has 0 unspecified atom stereocenters. The highest BCUT2D eigenvalue weighted by molar-refractivity contribution is 5.88. The van der Waals surface area contributed by atoms with Gasteiger partial charge in [-0.1, -0.05) is 12.0 Å². The maximum absolute atomic E-state index is 11.9. The van der Waals surface area contributed by atoms with Crippen molar-refractivity contribution in [2.75, 3.05) is 18.4 Å². The monoisotopic (exact) mass is 272 g/mol. The smallest absolute Gasteiger partial charge is 0.329 e. The summed E-state index contributed by atoms with van der Waals surface area (Å²) in [5.41, 5.74) is 5.55. The number of nitrogens with zero attached hydrogens (tertiary/aromatic N) is 1. The Bertz CT molecular complexity index is 505. The molecule has 1 aromatic rings. The minimum absolute atomic E-state index is 0.100. The minimum atomic E-state index is -4.46. The van der Waals surface area contributed by atoms with Crippen molar-refractivity contribution < 1.29 is 18.0 Å². The summed E-state index contributed by atoms with van der Waals surface area (Å²) >= 11 is 0. The summed E-state index contributed by atoms with van der Waals surface area (Å²) in [6.07, 6.45) is -4.46. The van der Waals surface area contributed by atoms with Crippen LogP contribution in [0.15, 0.2) is 18.2 Å². The number of nitrogens with one attached hydrogen (secondary N) is 2. The third-order valence-corrected chi connectivity index (χ3v) is 1.76. The molecule has 0 bridgehead atoms. The first kappa shape index (κ1) is 14.8. The van der Waals surface area contributed by atoms with E-state index in [1.165, 1.54) is 6.07 Å². The first-order valence-electron chi connectivity index (χ1n) is 5.18. The molecular formula is C11H11F3N4O. The van der Waals surface area contributed by atoms with Crippen molar-refractivity contribution >= 4 is 11.8 Å². The second-order valence-electron chi connectivity index (χ2n) is 3.34. The molecule has 0 spiro atoms. The molecule has 5 nitrogen and oxygen atoms in total. The van der Waals surface area contributed by atoms with Crippen molar-refractivity contribution in [1.29, 1.82) is 0 Å². The Morgan fingerprint density at radius 1 is 1.42 bits per heavy atom. The molecule has 0 aliphatic rings. The summed E-state index contributed by atoms with van der Waals surface area (Å²) in [4.78, 5) is 15.1. The number of carbonyl (C=O) groups excluding carboxylic acids is 1. The molecule has 0 aliphatic heterocycles. The van der Waals surface area contributed by atoms with Crippen LogP contribution >= 0.6 is 0 Å². The van der Waals surface area contributed by atoms with E-state index in [0.717, 1.165) is 0 Å². The zero-order valence-corrected chi connectivity index (χ0v) is 9.71. The van der Waals surface area contributed by atoms with Crippen LogP contribution < -0.4 is 16.4 Å². The number of nitrogens with two attached hydrogens (primary N) is 1. The number of alkyl halides is 3. The number of pyridine rings is 1. The zero-order valence-electron chi connectivity index (χ0n) is 9.71. The summed E-state index contributed by atoms with van der Waals surface area (Å²) in [5.74, 6) is 5.31. The van der Waals surface area contributed by atoms with Gasteiger partial charge >= 0.3 is 12.2 Å². The number of hydrogen-bond donors (Lipinski definition) is 3. The number of halogens is 3. The molecule has 1 heterocycles. The van der Waals surface area contributed by atoms with Crippen molar-refractivity contribution in [3.05, 3.63) is 23.9 Å². The van der Waals surface area contributed by atoms with Crippen molar-refractivity contribution in [2.45, 2.75) is 6.18 Å². The molecular weight excluding hydrogens is 261 g/mol. The van der Waals surface area contributed by atoms with Gasteiger partial charge in [0.15, 0.2) is 0 Å². The number of hydrogen-bond acceptors (Lipinski definition) is 3. The van der Waals surface area contributed by atoms with Crippen molar-refractivity contribution in [2.24, 2.45) is 5.73 Å².